The van der Waals surface area contributed by atoms with Crippen LogP contribution >= 0.6 is 0 Å². The number of methoxy groups -OCH3 is 1. The topological polar surface area (TPSA) is 21.8 Å². The molecule has 1 aliphatic heterocycles. The molecule has 2 atom stereocenters. The minimum Gasteiger partial charge on any atom is -0.497 e. The van der Waals surface area contributed by atoms with Gasteiger partial charge in [0.05, 0.1) is 7.11 Å². The molecule has 2 nitrogen and oxygen atoms in total. The van der Waals surface area contributed by atoms with Crippen LogP contribution < -0.4 is 0 Å². The van der Waals surface area contributed by atoms with Gasteiger partial charge in [-0.05, 0) is 18.2 Å². The Balaban J connectivity index is 2.16. The van der Waals surface area contributed by atoms with Gasteiger partial charge >= 0.3 is 0 Å². The second-order valence-corrected chi connectivity index (χ2v) is 2.20. The van der Waals surface area contributed by atoms with E-state index in [0.717, 1.165) is 5.76 Å². The minimum absolute atomic E-state index is 0.310. The molecule has 0 aromatic carbocycles. The Hall–Kier alpha value is -0.760. The van der Waals surface area contributed by atoms with Crippen molar-refractivity contribution in [3.8, 4) is 0 Å². The van der Waals surface area contributed by atoms with Gasteiger partial charge in [-0.1, -0.05) is 0 Å². The van der Waals surface area contributed by atoms with Crippen molar-refractivity contribution < 1.29 is 9.47 Å². The third kappa shape index (κ3) is 0.754. The first-order valence-electron chi connectivity index (χ1n) is 2.99. The third-order valence-corrected chi connectivity index (χ3v) is 1.58. The maximum atomic E-state index is 5.17. The van der Waals surface area contributed by atoms with Gasteiger partial charge in [0.15, 0.2) is 0 Å². The number of fused-ring (bicyclic) bond motifs is 1. The standard InChI is InChI=1S/C7H8O2/c1-8-5-2-3-6-7(4-5)9-6/h2-4,6-7H,1H3. The predicted molar refractivity (Wildman–Crippen MR) is 32.9 cm³/mol. The largest absolute Gasteiger partial charge is 0.497 e. The van der Waals surface area contributed by atoms with E-state index in [0.29, 0.717) is 12.2 Å². The van der Waals surface area contributed by atoms with Crippen molar-refractivity contribution >= 4 is 0 Å². The van der Waals surface area contributed by atoms with Crippen molar-refractivity contribution in [3.63, 3.8) is 0 Å². The van der Waals surface area contributed by atoms with Gasteiger partial charge in [-0.2, -0.15) is 0 Å². The van der Waals surface area contributed by atoms with E-state index in [9.17, 15) is 0 Å². The monoisotopic (exact) mass is 124 g/mol. The molecule has 48 valence electrons. The average Bonchev–Trinajstić information content (AvgIpc) is 2.64. The molecule has 2 unspecified atom stereocenters. The lowest BCUT2D eigenvalue weighted by Crippen LogP contribution is -1.95. The minimum atomic E-state index is 0.310. The fourth-order valence-corrected chi connectivity index (χ4v) is 0.968. The number of hydrogen-bond donors (Lipinski definition) is 0. The van der Waals surface area contributed by atoms with E-state index >= 15 is 0 Å². The molecule has 0 N–H and O–H groups in total. The van der Waals surface area contributed by atoms with Gasteiger partial charge in [0.1, 0.15) is 18.0 Å². The van der Waals surface area contributed by atoms with Gasteiger partial charge in [0.25, 0.3) is 0 Å². The van der Waals surface area contributed by atoms with Gasteiger partial charge in [0.2, 0.25) is 0 Å². The molecular formula is C7H8O2. The summed E-state index contributed by atoms with van der Waals surface area (Å²) < 4.78 is 10.1. The summed E-state index contributed by atoms with van der Waals surface area (Å²) in [5.41, 5.74) is 0. The summed E-state index contributed by atoms with van der Waals surface area (Å²) in [5, 5.41) is 0. The van der Waals surface area contributed by atoms with Crippen LogP contribution in [0.5, 0.6) is 0 Å². The number of epoxide rings is 1. The van der Waals surface area contributed by atoms with Crippen molar-refractivity contribution in [2.45, 2.75) is 12.2 Å². The Bertz CT molecular complexity index is 181. The van der Waals surface area contributed by atoms with Crippen LogP contribution in [-0.2, 0) is 9.47 Å². The molecule has 1 aliphatic carbocycles. The molecule has 0 saturated carbocycles. The Morgan fingerprint density at radius 2 is 2.44 bits per heavy atom. The van der Waals surface area contributed by atoms with E-state index in [-0.39, 0.29) is 0 Å². The van der Waals surface area contributed by atoms with E-state index in [4.69, 9.17) is 9.47 Å². The van der Waals surface area contributed by atoms with Crippen LogP contribution in [0.1, 0.15) is 0 Å². The third-order valence-electron chi connectivity index (χ3n) is 1.58. The van der Waals surface area contributed by atoms with E-state index < -0.39 is 0 Å². The molecule has 0 bridgehead atoms. The molecule has 0 radical (unpaired) electrons. The highest BCUT2D eigenvalue weighted by atomic mass is 16.6. The summed E-state index contributed by atoms with van der Waals surface area (Å²) in [6.45, 7) is 0. The normalized spacial score (nSPS) is 37.2. The van der Waals surface area contributed by atoms with Crippen LogP contribution in [0, 0.1) is 0 Å². The van der Waals surface area contributed by atoms with Crippen molar-refractivity contribution in [2.24, 2.45) is 0 Å². The second-order valence-electron chi connectivity index (χ2n) is 2.20. The van der Waals surface area contributed by atoms with Gasteiger partial charge in [0, 0.05) is 0 Å². The fraction of sp³-hybridized carbons (Fsp3) is 0.429. The molecule has 1 fully saturated rings. The molecule has 0 amide bonds. The van der Waals surface area contributed by atoms with Crippen molar-refractivity contribution in [3.05, 3.63) is 24.0 Å². The lowest BCUT2D eigenvalue weighted by Gasteiger charge is -1.99. The first kappa shape index (κ1) is 5.06. The number of hydrogen-bond acceptors (Lipinski definition) is 2. The molecule has 2 aliphatic rings. The first-order chi connectivity index (χ1) is 4.40. The molecule has 0 spiro atoms. The highest BCUT2D eigenvalue weighted by Crippen LogP contribution is 2.29. The molecule has 1 saturated heterocycles. The maximum absolute atomic E-state index is 5.17. The van der Waals surface area contributed by atoms with Crippen molar-refractivity contribution in [2.75, 3.05) is 7.11 Å². The molecular weight excluding hydrogens is 116 g/mol. The Morgan fingerprint density at radius 3 is 3.11 bits per heavy atom. The maximum Gasteiger partial charge on any atom is 0.117 e. The summed E-state index contributed by atoms with van der Waals surface area (Å²) in [7, 11) is 1.67. The molecule has 0 aromatic rings. The van der Waals surface area contributed by atoms with Crippen LogP contribution in [0.15, 0.2) is 24.0 Å². The van der Waals surface area contributed by atoms with Crippen LogP contribution in [0.2, 0.25) is 0 Å². The zero-order valence-corrected chi connectivity index (χ0v) is 5.20. The molecule has 0 aromatic heterocycles. The van der Waals surface area contributed by atoms with E-state index in [2.05, 4.69) is 0 Å². The summed E-state index contributed by atoms with van der Waals surface area (Å²) in [4.78, 5) is 0. The van der Waals surface area contributed by atoms with Crippen LogP contribution in [0.25, 0.3) is 0 Å². The Kier molecular flexibility index (Phi) is 0.904. The summed E-state index contributed by atoms with van der Waals surface area (Å²) in [5.74, 6) is 0.911. The number of ether oxygens (including phenoxy) is 2. The zero-order valence-electron chi connectivity index (χ0n) is 5.20. The number of rotatable bonds is 1. The molecule has 2 rings (SSSR count). The van der Waals surface area contributed by atoms with Crippen molar-refractivity contribution in [1.29, 1.82) is 0 Å². The smallest absolute Gasteiger partial charge is 0.117 e. The zero-order chi connectivity index (χ0) is 6.27. The van der Waals surface area contributed by atoms with Gasteiger partial charge in [-0.15, -0.1) is 0 Å². The van der Waals surface area contributed by atoms with E-state index in [1.165, 1.54) is 0 Å². The SMILES string of the molecule is COC1=CC2OC2C=C1. The van der Waals surface area contributed by atoms with Crippen LogP contribution in [0.4, 0.5) is 0 Å². The lowest BCUT2D eigenvalue weighted by atomic mass is 10.2. The van der Waals surface area contributed by atoms with Gasteiger partial charge in [-0.3, -0.25) is 0 Å². The Morgan fingerprint density at radius 1 is 1.56 bits per heavy atom. The fourth-order valence-electron chi connectivity index (χ4n) is 0.968. The summed E-state index contributed by atoms with van der Waals surface area (Å²) in [6, 6.07) is 0. The quantitative estimate of drug-likeness (QED) is 0.483. The van der Waals surface area contributed by atoms with Gasteiger partial charge in [-0.25, -0.2) is 0 Å². The lowest BCUT2D eigenvalue weighted by molar-refractivity contribution is 0.303. The van der Waals surface area contributed by atoms with Crippen LogP contribution in [-0.4, -0.2) is 19.3 Å². The van der Waals surface area contributed by atoms with E-state index in [1.807, 2.05) is 18.2 Å². The molecule has 9 heavy (non-hydrogen) atoms. The number of allylic oxidation sites excluding steroid dienone is 1. The highest BCUT2D eigenvalue weighted by Gasteiger charge is 2.36. The summed E-state index contributed by atoms with van der Waals surface area (Å²) >= 11 is 0. The Labute approximate surface area is 53.8 Å². The average molecular weight is 124 g/mol. The van der Waals surface area contributed by atoms with Crippen molar-refractivity contribution in [1.82, 2.24) is 0 Å². The molecule has 2 heteroatoms. The van der Waals surface area contributed by atoms with Crippen LogP contribution in [0.3, 0.4) is 0 Å². The first-order valence-corrected chi connectivity index (χ1v) is 2.99. The predicted octanol–water partition coefficient (Wildman–Crippen LogP) is 0.854. The highest BCUT2D eigenvalue weighted by molar-refractivity contribution is 5.27. The van der Waals surface area contributed by atoms with Gasteiger partial charge < -0.3 is 9.47 Å². The van der Waals surface area contributed by atoms with E-state index in [1.54, 1.807) is 7.11 Å². The second kappa shape index (κ2) is 1.61. The summed E-state index contributed by atoms with van der Waals surface area (Å²) in [6.07, 6.45) is 6.61. The molecule has 1 heterocycles.